The maximum absolute atomic E-state index is 12.7. The molecule has 5 rings (SSSR count). The molecule has 3 aromatic heterocycles. The second-order valence-corrected chi connectivity index (χ2v) is 8.41. The predicted molar refractivity (Wildman–Crippen MR) is 117 cm³/mol. The van der Waals surface area contributed by atoms with Crippen LogP contribution in [-0.4, -0.2) is 28.5 Å². The number of nitrogens with one attached hydrogen (secondary N) is 1. The van der Waals surface area contributed by atoms with Crippen LogP contribution in [0.3, 0.4) is 0 Å². The number of hydrogen-bond acceptors (Lipinski definition) is 6. The molecule has 0 aliphatic carbocycles. The lowest BCUT2D eigenvalue weighted by Gasteiger charge is -2.27. The van der Waals surface area contributed by atoms with Gasteiger partial charge in [0.1, 0.15) is 5.75 Å². The standard InChI is InChI=1S/C23H21N3O3S/c1-28-19-6-3-2-5-16(19)21-9-8-15(30-21)13-26-11-10-18-17(14-26)23(27)25-22(24-18)20-7-4-12-29-20/h2-9,12H,10-11,13-14H2,1H3,(H,24,25,27). The molecule has 1 aliphatic heterocycles. The first-order chi connectivity index (χ1) is 14.7. The molecule has 0 radical (unpaired) electrons. The molecular formula is C23H21N3O3S. The van der Waals surface area contributed by atoms with Crippen molar-refractivity contribution in [2.75, 3.05) is 13.7 Å². The summed E-state index contributed by atoms with van der Waals surface area (Å²) >= 11 is 1.76. The summed E-state index contributed by atoms with van der Waals surface area (Å²) in [6.07, 6.45) is 2.33. The van der Waals surface area contributed by atoms with Crippen LogP contribution >= 0.6 is 11.3 Å². The van der Waals surface area contributed by atoms with Gasteiger partial charge in [0.2, 0.25) is 0 Å². The SMILES string of the molecule is COc1ccccc1-c1ccc(CN2CCc3nc(-c4ccco4)[nH]c(=O)c3C2)s1. The van der Waals surface area contributed by atoms with E-state index in [-0.39, 0.29) is 5.56 Å². The molecule has 0 fully saturated rings. The third kappa shape index (κ3) is 3.58. The van der Waals surface area contributed by atoms with E-state index in [1.165, 1.54) is 9.75 Å². The normalized spacial score (nSPS) is 13.9. The van der Waals surface area contributed by atoms with Crippen molar-refractivity contribution in [3.8, 4) is 27.8 Å². The number of para-hydroxylation sites is 1. The summed E-state index contributed by atoms with van der Waals surface area (Å²) in [5.74, 6) is 1.96. The Morgan fingerprint density at radius 2 is 2.10 bits per heavy atom. The van der Waals surface area contributed by atoms with Gasteiger partial charge >= 0.3 is 0 Å². The van der Waals surface area contributed by atoms with E-state index in [0.29, 0.717) is 18.1 Å². The Morgan fingerprint density at radius 3 is 2.93 bits per heavy atom. The van der Waals surface area contributed by atoms with Gasteiger partial charge in [-0.2, -0.15) is 0 Å². The first-order valence-corrected chi connectivity index (χ1v) is 10.6. The summed E-state index contributed by atoms with van der Waals surface area (Å²) in [6.45, 7) is 2.26. The highest BCUT2D eigenvalue weighted by atomic mass is 32.1. The van der Waals surface area contributed by atoms with Gasteiger partial charge in [0.25, 0.3) is 5.56 Å². The molecule has 0 saturated carbocycles. The van der Waals surface area contributed by atoms with Gasteiger partial charge in [-0.1, -0.05) is 12.1 Å². The number of aromatic amines is 1. The summed E-state index contributed by atoms with van der Waals surface area (Å²) in [5.41, 5.74) is 2.63. The molecule has 152 valence electrons. The fraction of sp³-hybridized carbons (Fsp3) is 0.217. The van der Waals surface area contributed by atoms with Crippen LogP contribution in [0.5, 0.6) is 5.75 Å². The molecule has 4 aromatic rings. The van der Waals surface area contributed by atoms with Crippen molar-refractivity contribution in [3.05, 3.63) is 81.3 Å². The van der Waals surface area contributed by atoms with Crippen molar-refractivity contribution >= 4 is 11.3 Å². The van der Waals surface area contributed by atoms with Crippen LogP contribution in [0.1, 0.15) is 16.1 Å². The fourth-order valence-corrected chi connectivity index (χ4v) is 4.90. The second-order valence-electron chi connectivity index (χ2n) is 7.24. The lowest BCUT2D eigenvalue weighted by atomic mass is 10.1. The van der Waals surface area contributed by atoms with Crippen molar-refractivity contribution < 1.29 is 9.15 Å². The molecule has 0 amide bonds. The number of furan rings is 1. The summed E-state index contributed by atoms with van der Waals surface area (Å²) in [6, 6.07) is 15.9. The van der Waals surface area contributed by atoms with Gasteiger partial charge in [-0.05, 0) is 36.4 Å². The zero-order valence-electron chi connectivity index (χ0n) is 16.6. The van der Waals surface area contributed by atoms with E-state index in [1.807, 2.05) is 18.2 Å². The number of nitrogens with zero attached hydrogens (tertiary/aromatic N) is 2. The zero-order valence-corrected chi connectivity index (χ0v) is 17.4. The summed E-state index contributed by atoms with van der Waals surface area (Å²) in [4.78, 5) is 24.9. The summed E-state index contributed by atoms with van der Waals surface area (Å²) in [7, 11) is 1.70. The predicted octanol–water partition coefficient (Wildman–Crippen LogP) is 4.33. The summed E-state index contributed by atoms with van der Waals surface area (Å²) in [5, 5.41) is 0. The maximum Gasteiger partial charge on any atom is 0.256 e. The second kappa shape index (κ2) is 7.93. The Labute approximate surface area is 177 Å². The smallest absolute Gasteiger partial charge is 0.256 e. The average molecular weight is 420 g/mol. The Bertz CT molecular complexity index is 1230. The number of thiophene rings is 1. The van der Waals surface area contributed by atoms with Crippen LogP contribution in [0.15, 0.2) is 64.0 Å². The fourth-order valence-electron chi connectivity index (χ4n) is 3.82. The minimum atomic E-state index is -0.0861. The lowest BCUT2D eigenvalue weighted by Crippen LogP contribution is -2.35. The molecule has 0 unspecified atom stereocenters. The molecule has 1 aliphatic rings. The number of benzene rings is 1. The third-order valence-electron chi connectivity index (χ3n) is 5.32. The van der Waals surface area contributed by atoms with Gasteiger partial charge in [-0.25, -0.2) is 4.98 Å². The minimum absolute atomic E-state index is 0.0861. The van der Waals surface area contributed by atoms with Crippen molar-refractivity contribution in [2.45, 2.75) is 19.5 Å². The monoisotopic (exact) mass is 419 g/mol. The highest BCUT2D eigenvalue weighted by Crippen LogP contribution is 2.35. The molecule has 1 aromatic carbocycles. The zero-order chi connectivity index (χ0) is 20.5. The third-order valence-corrected chi connectivity index (χ3v) is 6.42. The highest BCUT2D eigenvalue weighted by Gasteiger charge is 2.22. The summed E-state index contributed by atoms with van der Waals surface area (Å²) < 4.78 is 10.9. The topological polar surface area (TPSA) is 71.4 Å². The number of fused-ring (bicyclic) bond motifs is 1. The molecule has 0 atom stereocenters. The largest absolute Gasteiger partial charge is 0.496 e. The van der Waals surface area contributed by atoms with Crippen LogP contribution in [0.2, 0.25) is 0 Å². The van der Waals surface area contributed by atoms with E-state index in [1.54, 1.807) is 36.8 Å². The molecule has 1 N–H and O–H groups in total. The van der Waals surface area contributed by atoms with Crippen molar-refractivity contribution in [1.29, 1.82) is 0 Å². The van der Waals surface area contributed by atoms with E-state index in [2.05, 4.69) is 33.1 Å². The molecule has 7 heteroatoms. The molecule has 6 nitrogen and oxygen atoms in total. The molecule has 0 saturated heterocycles. The molecule has 0 bridgehead atoms. The lowest BCUT2D eigenvalue weighted by molar-refractivity contribution is 0.244. The molecular weight excluding hydrogens is 398 g/mol. The highest BCUT2D eigenvalue weighted by molar-refractivity contribution is 7.15. The van der Waals surface area contributed by atoms with Crippen LogP contribution < -0.4 is 10.3 Å². The van der Waals surface area contributed by atoms with Crippen molar-refractivity contribution in [3.63, 3.8) is 0 Å². The maximum atomic E-state index is 12.7. The first-order valence-electron chi connectivity index (χ1n) is 9.81. The van der Waals surface area contributed by atoms with Crippen LogP contribution in [-0.2, 0) is 19.5 Å². The van der Waals surface area contributed by atoms with E-state index in [4.69, 9.17) is 9.15 Å². The van der Waals surface area contributed by atoms with Crippen LogP contribution in [0.4, 0.5) is 0 Å². The molecule has 0 spiro atoms. The minimum Gasteiger partial charge on any atom is -0.496 e. The first kappa shape index (κ1) is 18.8. The van der Waals surface area contributed by atoms with Crippen LogP contribution in [0, 0.1) is 0 Å². The Kier molecular flexibility index (Phi) is 4.98. The number of methoxy groups -OCH3 is 1. The van der Waals surface area contributed by atoms with Crippen molar-refractivity contribution in [1.82, 2.24) is 14.9 Å². The number of rotatable bonds is 5. The van der Waals surface area contributed by atoms with E-state index < -0.39 is 0 Å². The van der Waals surface area contributed by atoms with E-state index >= 15 is 0 Å². The Morgan fingerprint density at radius 1 is 1.20 bits per heavy atom. The van der Waals surface area contributed by atoms with Crippen LogP contribution in [0.25, 0.3) is 22.0 Å². The van der Waals surface area contributed by atoms with Gasteiger partial charge in [0.15, 0.2) is 11.6 Å². The van der Waals surface area contributed by atoms with Gasteiger partial charge < -0.3 is 14.1 Å². The van der Waals surface area contributed by atoms with E-state index in [9.17, 15) is 4.79 Å². The van der Waals surface area contributed by atoms with Gasteiger partial charge in [0.05, 0.1) is 24.6 Å². The number of hydrogen-bond donors (Lipinski definition) is 1. The van der Waals surface area contributed by atoms with Gasteiger partial charge in [0, 0.05) is 41.4 Å². The number of aromatic nitrogens is 2. The van der Waals surface area contributed by atoms with Gasteiger partial charge in [-0.15, -0.1) is 11.3 Å². The average Bonchev–Trinajstić information content (AvgIpc) is 3.46. The van der Waals surface area contributed by atoms with E-state index in [0.717, 1.165) is 42.1 Å². The Balaban J connectivity index is 1.34. The molecule has 30 heavy (non-hydrogen) atoms. The number of ether oxygens (including phenoxy) is 1. The molecule has 4 heterocycles. The van der Waals surface area contributed by atoms with Gasteiger partial charge in [-0.3, -0.25) is 9.69 Å². The Hall–Kier alpha value is -3.16. The van der Waals surface area contributed by atoms with Crippen molar-refractivity contribution in [2.24, 2.45) is 0 Å². The quantitative estimate of drug-likeness (QED) is 0.521. The number of H-pyrrole nitrogens is 1.